The van der Waals surface area contributed by atoms with Crippen molar-refractivity contribution in [2.75, 3.05) is 26.7 Å². The summed E-state index contributed by atoms with van der Waals surface area (Å²) >= 11 is 1.66. The van der Waals surface area contributed by atoms with Crippen LogP contribution in [0.5, 0.6) is 0 Å². The van der Waals surface area contributed by atoms with Gasteiger partial charge in [0.1, 0.15) is 6.04 Å². The molecule has 0 aromatic carbocycles. The maximum Gasteiger partial charge on any atom is 0.247 e. The van der Waals surface area contributed by atoms with Crippen molar-refractivity contribution in [3.63, 3.8) is 0 Å². The van der Waals surface area contributed by atoms with E-state index < -0.39 is 28.7 Å². The van der Waals surface area contributed by atoms with E-state index in [0.717, 1.165) is 12.8 Å². The Kier molecular flexibility index (Phi) is 7.68. The van der Waals surface area contributed by atoms with Crippen molar-refractivity contribution in [2.24, 2.45) is 17.8 Å². The molecule has 1 spiro atoms. The molecule has 8 heteroatoms. The first-order chi connectivity index (χ1) is 15.6. The first-order valence-corrected chi connectivity index (χ1v) is 12.8. The molecule has 33 heavy (non-hydrogen) atoms. The van der Waals surface area contributed by atoms with Gasteiger partial charge < -0.3 is 19.8 Å². The standard InChI is InChI=1S/C25H39N3O4S/c1-8-12-26(7)22(30)19-18-10-11-25(33-18)20(19)23(31)28(17(14-29)15(3)4)21(25)24(32)27(13-9-2)16(5)6/h8-9,15-21,29H,1-2,10-14H2,3-7H3/t17-,18+,19-,20-,21?,25?/m0/s1. The van der Waals surface area contributed by atoms with Crippen LogP contribution in [0.3, 0.4) is 0 Å². The predicted molar refractivity (Wildman–Crippen MR) is 132 cm³/mol. The molecule has 0 aliphatic carbocycles. The van der Waals surface area contributed by atoms with E-state index in [2.05, 4.69) is 13.2 Å². The Morgan fingerprint density at radius 3 is 2.36 bits per heavy atom. The number of carbonyl (C=O) groups excluding carboxylic acids is 3. The number of carbonyl (C=O) groups is 3. The highest BCUT2D eigenvalue weighted by Gasteiger charge is 2.74. The topological polar surface area (TPSA) is 81.2 Å². The number of likely N-dealkylation sites (N-methyl/N-ethyl adjacent to an activating group) is 1. The van der Waals surface area contributed by atoms with Crippen molar-refractivity contribution in [2.45, 2.75) is 68.7 Å². The molecular formula is C25H39N3O4S. The van der Waals surface area contributed by atoms with Crippen LogP contribution in [-0.2, 0) is 14.4 Å². The number of hydrogen-bond donors (Lipinski definition) is 1. The van der Waals surface area contributed by atoms with E-state index in [0.29, 0.717) is 13.1 Å². The highest BCUT2D eigenvalue weighted by atomic mass is 32.2. The van der Waals surface area contributed by atoms with Crippen LogP contribution in [0.25, 0.3) is 0 Å². The molecule has 0 aromatic rings. The fraction of sp³-hybridized carbons (Fsp3) is 0.720. The smallest absolute Gasteiger partial charge is 0.247 e. The molecule has 0 radical (unpaired) electrons. The molecule has 0 saturated carbocycles. The Bertz CT molecular complexity index is 815. The summed E-state index contributed by atoms with van der Waals surface area (Å²) in [7, 11) is 1.74. The van der Waals surface area contributed by atoms with Crippen molar-refractivity contribution in [3.8, 4) is 0 Å². The van der Waals surface area contributed by atoms with Crippen LogP contribution in [0.15, 0.2) is 25.3 Å². The molecular weight excluding hydrogens is 438 g/mol. The summed E-state index contributed by atoms with van der Waals surface area (Å²) in [5.41, 5.74) is 0. The fourth-order valence-corrected chi connectivity index (χ4v) is 8.21. The van der Waals surface area contributed by atoms with Gasteiger partial charge in [0.05, 0.1) is 29.2 Å². The Balaban J connectivity index is 2.11. The van der Waals surface area contributed by atoms with Gasteiger partial charge in [-0.25, -0.2) is 0 Å². The summed E-state index contributed by atoms with van der Waals surface area (Å²) < 4.78 is -0.648. The molecule has 3 saturated heterocycles. The van der Waals surface area contributed by atoms with Crippen LogP contribution in [0, 0.1) is 17.8 Å². The molecule has 2 unspecified atom stereocenters. The second-order valence-corrected chi connectivity index (χ2v) is 11.8. The summed E-state index contributed by atoms with van der Waals surface area (Å²) in [5.74, 6) is -1.38. The van der Waals surface area contributed by atoms with Gasteiger partial charge in [-0.15, -0.1) is 24.9 Å². The third kappa shape index (κ3) is 4.03. The van der Waals surface area contributed by atoms with Gasteiger partial charge in [-0.3, -0.25) is 14.4 Å². The quantitative estimate of drug-likeness (QED) is 0.488. The number of aliphatic hydroxyl groups excluding tert-OH is 1. The SMILES string of the molecule is C=CCN(C)C(=O)[C@@H]1[C@H]2C(=O)N([C@@H](CO)C(C)C)C(C(=O)N(CC=C)C(C)C)C23CC[C@H]1S3. The number of nitrogens with zero attached hydrogens (tertiary/aromatic N) is 3. The number of amides is 3. The molecule has 7 nitrogen and oxygen atoms in total. The Morgan fingerprint density at radius 1 is 1.21 bits per heavy atom. The lowest BCUT2D eigenvalue weighted by atomic mass is 9.70. The summed E-state index contributed by atoms with van der Waals surface area (Å²) in [5, 5.41) is 10.3. The largest absolute Gasteiger partial charge is 0.394 e. The van der Waals surface area contributed by atoms with Crippen LogP contribution in [0.2, 0.25) is 0 Å². The number of aliphatic hydroxyl groups is 1. The van der Waals surface area contributed by atoms with Crippen molar-refractivity contribution in [1.82, 2.24) is 14.7 Å². The van der Waals surface area contributed by atoms with E-state index in [1.165, 1.54) is 0 Å². The third-order valence-electron chi connectivity index (χ3n) is 7.58. The zero-order valence-corrected chi connectivity index (χ0v) is 21.4. The first-order valence-electron chi connectivity index (χ1n) is 11.9. The Labute approximate surface area is 202 Å². The summed E-state index contributed by atoms with van der Waals surface area (Å²) in [4.78, 5) is 46.6. The minimum Gasteiger partial charge on any atom is -0.394 e. The summed E-state index contributed by atoms with van der Waals surface area (Å²) in [6.07, 6.45) is 4.91. The van der Waals surface area contributed by atoms with Crippen LogP contribution >= 0.6 is 11.8 Å². The van der Waals surface area contributed by atoms with Gasteiger partial charge in [0.25, 0.3) is 0 Å². The fourth-order valence-electron chi connectivity index (χ4n) is 6.02. The van der Waals surface area contributed by atoms with Crippen LogP contribution < -0.4 is 0 Å². The molecule has 3 rings (SSSR count). The zero-order chi connectivity index (χ0) is 24.7. The van der Waals surface area contributed by atoms with Gasteiger partial charge in [-0.1, -0.05) is 26.0 Å². The average Bonchev–Trinajstić information content (AvgIpc) is 3.39. The van der Waals surface area contributed by atoms with E-state index in [9.17, 15) is 19.5 Å². The number of thioether (sulfide) groups is 1. The second kappa shape index (κ2) is 9.82. The number of fused-ring (bicyclic) bond motifs is 1. The van der Waals surface area contributed by atoms with Crippen LogP contribution in [0.4, 0.5) is 0 Å². The molecule has 6 atom stereocenters. The third-order valence-corrected chi connectivity index (χ3v) is 9.53. The normalized spacial score (nSPS) is 31.2. The highest BCUT2D eigenvalue weighted by molar-refractivity contribution is 8.02. The lowest BCUT2D eigenvalue weighted by molar-refractivity contribution is -0.148. The van der Waals surface area contributed by atoms with E-state index in [4.69, 9.17) is 0 Å². The number of likely N-dealkylation sites (tertiary alicyclic amines) is 1. The second-order valence-electron chi connectivity index (χ2n) is 10.2. The molecule has 2 bridgehead atoms. The molecule has 3 fully saturated rings. The first kappa shape index (κ1) is 25.8. The molecule has 3 amide bonds. The van der Waals surface area contributed by atoms with E-state index in [-0.39, 0.29) is 41.5 Å². The predicted octanol–water partition coefficient (Wildman–Crippen LogP) is 2.16. The highest BCUT2D eigenvalue weighted by Crippen LogP contribution is 2.67. The Morgan fingerprint density at radius 2 is 1.85 bits per heavy atom. The lowest BCUT2D eigenvalue weighted by Crippen LogP contribution is -2.59. The van der Waals surface area contributed by atoms with Gasteiger partial charge in [-0.2, -0.15) is 0 Å². The Hall–Kier alpha value is -1.80. The van der Waals surface area contributed by atoms with Crippen molar-refractivity contribution < 1.29 is 19.5 Å². The lowest BCUT2D eigenvalue weighted by Gasteiger charge is -2.41. The molecule has 184 valence electrons. The van der Waals surface area contributed by atoms with Gasteiger partial charge >= 0.3 is 0 Å². The van der Waals surface area contributed by atoms with Crippen molar-refractivity contribution >= 4 is 29.5 Å². The van der Waals surface area contributed by atoms with E-state index in [1.807, 2.05) is 27.7 Å². The minimum atomic E-state index is -0.700. The van der Waals surface area contributed by atoms with Crippen molar-refractivity contribution in [1.29, 1.82) is 0 Å². The molecule has 3 heterocycles. The van der Waals surface area contributed by atoms with Crippen LogP contribution in [-0.4, -0.2) is 92.4 Å². The maximum absolute atomic E-state index is 14.1. The minimum absolute atomic E-state index is 0.0229. The number of hydrogen-bond acceptors (Lipinski definition) is 5. The van der Waals surface area contributed by atoms with Crippen molar-refractivity contribution in [3.05, 3.63) is 25.3 Å². The molecule has 3 aliphatic rings. The van der Waals surface area contributed by atoms with Gasteiger partial charge in [0.2, 0.25) is 17.7 Å². The maximum atomic E-state index is 14.1. The van der Waals surface area contributed by atoms with Gasteiger partial charge in [0.15, 0.2) is 0 Å². The van der Waals surface area contributed by atoms with Gasteiger partial charge in [-0.05, 0) is 32.6 Å². The molecule has 3 aliphatic heterocycles. The molecule has 0 aromatic heterocycles. The molecule has 1 N–H and O–H groups in total. The van der Waals surface area contributed by atoms with E-state index in [1.54, 1.807) is 45.7 Å². The average molecular weight is 478 g/mol. The monoisotopic (exact) mass is 477 g/mol. The van der Waals surface area contributed by atoms with Gasteiger partial charge in [0, 0.05) is 31.4 Å². The van der Waals surface area contributed by atoms with Crippen LogP contribution in [0.1, 0.15) is 40.5 Å². The summed E-state index contributed by atoms with van der Waals surface area (Å²) in [6.45, 7) is 16.0. The van der Waals surface area contributed by atoms with E-state index >= 15 is 0 Å². The zero-order valence-electron chi connectivity index (χ0n) is 20.6. The summed E-state index contributed by atoms with van der Waals surface area (Å²) in [6, 6.07) is -1.24. The number of rotatable bonds is 10.